The number of carbonyl (C=O) groups excluding carboxylic acids is 2. The van der Waals surface area contributed by atoms with Gasteiger partial charge in [-0.05, 0) is 62.2 Å². The predicted molar refractivity (Wildman–Crippen MR) is 107 cm³/mol. The Morgan fingerprint density at radius 2 is 1.90 bits per heavy atom. The third-order valence-electron chi connectivity index (χ3n) is 3.56. The fourth-order valence-electron chi connectivity index (χ4n) is 2.32. The van der Waals surface area contributed by atoms with Crippen LogP contribution in [0.5, 0.6) is 11.5 Å². The summed E-state index contributed by atoms with van der Waals surface area (Å²) in [5.41, 5.74) is 3.50. The Bertz CT molecular complexity index is 884. The van der Waals surface area contributed by atoms with Crippen molar-refractivity contribution in [3.05, 3.63) is 59.4 Å². The zero-order chi connectivity index (χ0) is 21.2. The third-order valence-corrected chi connectivity index (χ3v) is 3.56. The van der Waals surface area contributed by atoms with Crippen molar-refractivity contribution in [1.82, 2.24) is 10.7 Å². The summed E-state index contributed by atoms with van der Waals surface area (Å²) >= 11 is 0. The molecule has 2 amide bonds. The van der Waals surface area contributed by atoms with Crippen molar-refractivity contribution in [1.29, 1.82) is 0 Å². The number of halogens is 1. The molecule has 0 unspecified atom stereocenters. The Labute approximate surface area is 168 Å². The first-order chi connectivity index (χ1) is 13.9. The van der Waals surface area contributed by atoms with Crippen LogP contribution in [0.1, 0.15) is 31.9 Å². The minimum atomic E-state index is -0.852. The number of carbonyl (C=O) groups is 2. The van der Waals surface area contributed by atoms with Crippen LogP contribution in [-0.4, -0.2) is 30.7 Å². The van der Waals surface area contributed by atoms with Crippen molar-refractivity contribution in [3.8, 4) is 11.5 Å². The molecule has 0 aliphatic heterocycles. The number of nitrogens with one attached hydrogen (secondary N) is 2. The van der Waals surface area contributed by atoms with Crippen LogP contribution in [-0.2, 0) is 16.2 Å². The van der Waals surface area contributed by atoms with E-state index in [1.807, 2.05) is 6.92 Å². The summed E-state index contributed by atoms with van der Waals surface area (Å²) in [5, 5.41) is 6.25. The van der Waals surface area contributed by atoms with E-state index in [1.54, 1.807) is 44.2 Å². The molecule has 29 heavy (non-hydrogen) atoms. The Kier molecular flexibility index (Phi) is 8.14. The number of ether oxygens (including phenoxy) is 2. The van der Waals surface area contributed by atoms with Crippen molar-refractivity contribution in [3.63, 3.8) is 0 Å². The molecule has 2 aromatic rings. The average molecular weight is 401 g/mol. The summed E-state index contributed by atoms with van der Waals surface area (Å²) in [4.78, 5) is 23.2. The first-order valence-corrected chi connectivity index (χ1v) is 9.17. The molecule has 154 valence electrons. The lowest BCUT2D eigenvalue weighted by atomic mass is 10.2. The van der Waals surface area contributed by atoms with E-state index >= 15 is 0 Å². The number of benzene rings is 2. The minimum absolute atomic E-state index is 0.147. The maximum absolute atomic E-state index is 13.3. The monoisotopic (exact) mass is 401 g/mol. The van der Waals surface area contributed by atoms with E-state index in [0.717, 1.165) is 0 Å². The Hall–Kier alpha value is -3.42. The molecule has 0 radical (unpaired) electrons. The van der Waals surface area contributed by atoms with Crippen molar-refractivity contribution < 1.29 is 23.5 Å². The summed E-state index contributed by atoms with van der Waals surface area (Å²) in [6.45, 7) is 5.95. The molecular weight excluding hydrogens is 377 g/mol. The van der Waals surface area contributed by atoms with Crippen LogP contribution in [0.4, 0.5) is 4.39 Å². The second-order valence-electron chi connectivity index (χ2n) is 6.39. The second kappa shape index (κ2) is 10.8. The van der Waals surface area contributed by atoms with Crippen molar-refractivity contribution in [2.45, 2.75) is 33.4 Å². The molecule has 2 rings (SSSR count). The summed E-state index contributed by atoms with van der Waals surface area (Å²) < 4.78 is 24.6. The van der Waals surface area contributed by atoms with Gasteiger partial charge < -0.3 is 14.8 Å². The van der Waals surface area contributed by atoms with E-state index in [9.17, 15) is 14.0 Å². The van der Waals surface area contributed by atoms with E-state index < -0.39 is 11.8 Å². The molecule has 0 fully saturated rings. The molecule has 2 aromatic carbocycles. The van der Waals surface area contributed by atoms with Crippen LogP contribution in [0.15, 0.2) is 47.6 Å². The highest BCUT2D eigenvalue weighted by Crippen LogP contribution is 2.29. The largest absolute Gasteiger partial charge is 0.490 e. The molecule has 0 bridgehead atoms. The van der Waals surface area contributed by atoms with Crippen LogP contribution in [0, 0.1) is 5.82 Å². The van der Waals surface area contributed by atoms with Crippen LogP contribution < -0.4 is 20.2 Å². The first-order valence-electron chi connectivity index (χ1n) is 9.17. The van der Waals surface area contributed by atoms with Gasteiger partial charge in [0.05, 0.1) is 12.8 Å². The molecule has 2 N–H and O–H groups in total. The van der Waals surface area contributed by atoms with Gasteiger partial charge in [0.1, 0.15) is 12.4 Å². The molecule has 8 heteroatoms. The van der Waals surface area contributed by atoms with Gasteiger partial charge in [-0.3, -0.25) is 9.59 Å². The first kappa shape index (κ1) is 21.9. The van der Waals surface area contributed by atoms with Crippen molar-refractivity contribution in [2.75, 3.05) is 6.61 Å². The Balaban J connectivity index is 2.02. The fourth-order valence-corrected chi connectivity index (χ4v) is 2.32. The number of hydrazone groups is 1. The number of hydrogen-bond acceptors (Lipinski definition) is 5. The highest BCUT2D eigenvalue weighted by molar-refractivity contribution is 6.35. The molecule has 0 aromatic heterocycles. The summed E-state index contributed by atoms with van der Waals surface area (Å²) in [6.07, 6.45) is 1.39. The topological polar surface area (TPSA) is 89.0 Å². The number of amides is 2. The van der Waals surface area contributed by atoms with Crippen LogP contribution in [0.3, 0.4) is 0 Å². The molecule has 0 saturated carbocycles. The van der Waals surface area contributed by atoms with E-state index in [1.165, 1.54) is 18.3 Å². The summed E-state index contributed by atoms with van der Waals surface area (Å²) in [6, 6.07) is 11.1. The van der Waals surface area contributed by atoms with Crippen LogP contribution in [0.25, 0.3) is 0 Å². The molecule has 7 nitrogen and oxygen atoms in total. The average Bonchev–Trinajstić information content (AvgIpc) is 2.67. The summed E-state index contributed by atoms with van der Waals surface area (Å²) in [7, 11) is 0. The molecule has 0 aliphatic carbocycles. The molecule has 0 saturated heterocycles. The van der Waals surface area contributed by atoms with E-state index in [0.29, 0.717) is 29.2 Å². The quantitative estimate of drug-likeness (QED) is 0.404. The SMILES string of the molecule is CCOc1cc(/C=N\NC(=O)C(=O)NC(C)C)ccc1OCc1cccc(F)c1. The fraction of sp³-hybridized carbons (Fsp3) is 0.286. The van der Waals surface area contributed by atoms with Crippen molar-refractivity contribution in [2.24, 2.45) is 5.10 Å². The molecule has 0 aliphatic rings. The number of nitrogens with zero attached hydrogens (tertiary/aromatic N) is 1. The van der Waals surface area contributed by atoms with Gasteiger partial charge in [-0.15, -0.1) is 0 Å². The van der Waals surface area contributed by atoms with Gasteiger partial charge in [-0.2, -0.15) is 5.10 Å². The molecule has 0 atom stereocenters. The van der Waals surface area contributed by atoms with Gasteiger partial charge in [-0.25, -0.2) is 9.82 Å². The number of rotatable bonds is 8. The lowest BCUT2D eigenvalue weighted by Gasteiger charge is -2.12. The lowest BCUT2D eigenvalue weighted by Crippen LogP contribution is -2.41. The minimum Gasteiger partial charge on any atom is -0.490 e. The maximum Gasteiger partial charge on any atom is 0.329 e. The second-order valence-corrected chi connectivity index (χ2v) is 6.39. The van der Waals surface area contributed by atoms with Crippen LogP contribution >= 0.6 is 0 Å². The van der Waals surface area contributed by atoms with E-state index in [-0.39, 0.29) is 18.5 Å². The van der Waals surface area contributed by atoms with Gasteiger partial charge in [0.25, 0.3) is 0 Å². The smallest absolute Gasteiger partial charge is 0.329 e. The Morgan fingerprint density at radius 1 is 1.10 bits per heavy atom. The van der Waals surface area contributed by atoms with Gasteiger partial charge in [0.15, 0.2) is 11.5 Å². The highest BCUT2D eigenvalue weighted by Gasteiger charge is 2.13. The zero-order valence-electron chi connectivity index (χ0n) is 16.6. The van der Waals surface area contributed by atoms with Crippen molar-refractivity contribution >= 4 is 18.0 Å². The highest BCUT2D eigenvalue weighted by atomic mass is 19.1. The third kappa shape index (κ3) is 7.25. The van der Waals surface area contributed by atoms with Gasteiger partial charge in [0.2, 0.25) is 0 Å². The predicted octanol–water partition coefficient (Wildman–Crippen LogP) is 2.78. The van der Waals surface area contributed by atoms with Gasteiger partial charge >= 0.3 is 11.8 Å². The summed E-state index contributed by atoms with van der Waals surface area (Å²) in [5.74, 6) is -0.958. The maximum atomic E-state index is 13.3. The lowest BCUT2D eigenvalue weighted by molar-refractivity contribution is -0.139. The molecule has 0 heterocycles. The molecular formula is C21H24FN3O4. The number of hydrogen-bond donors (Lipinski definition) is 2. The van der Waals surface area contributed by atoms with Gasteiger partial charge in [0, 0.05) is 6.04 Å². The van der Waals surface area contributed by atoms with Gasteiger partial charge in [-0.1, -0.05) is 12.1 Å². The van der Waals surface area contributed by atoms with E-state index in [2.05, 4.69) is 15.8 Å². The zero-order valence-corrected chi connectivity index (χ0v) is 16.6. The normalized spacial score (nSPS) is 10.8. The molecule has 0 spiro atoms. The van der Waals surface area contributed by atoms with Crippen LogP contribution in [0.2, 0.25) is 0 Å². The van der Waals surface area contributed by atoms with E-state index in [4.69, 9.17) is 9.47 Å². The standard InChI is InChI=1S/C21H24FN3O4/c1-4-28-19-11-15(12-23-25-21(27)20(26)24-14(2)3)8-9-18(19)29-13-16-6-5-7-17(22)10-16/h5-12,14H,4,13H2,1-3H3,(H,24,26)(H,25,27)/b23-12-. The Morgan fingerprint density at radius 3 is 2.59 bits per heavy atom.